The summed E-state index contributed by atoms with van der Waals surface area (Å²) in [6.45, 7) is 1.25. The number of methoxy groups -OCH3 is 1. The molecule has 5 heteroatoms. The van der Waals surface area contributed by atoms with E-state index in [2.05, 4.69) is 5.32 Å². The van der Waals surface area contributed by atoms with E-state index in [4.69, 9.17) is 9.57 Å². The van der Waals surface area contributed by atoms with Gasteiger partial charge in [0, 0.05) is 5.69 Å². The third-order valence-electron chi connectivity index (χ3n) is 2.57. The first-order chi connectivity index (χ1) is 8.29. The fourth-order valence-electron chi connectivity index (χ4n) is 1.62. The van der Waals surface area contributed by atoms with Gasteiger partial charge >= 0.3 is 6.03 Å². The highest BCUT2D eigenvalue weighted by Gasteiger charge is 2.17. The van der Waals surface area contributed by atoms with E-state index in [1.165, 1.54) is 5.06 Å². The summed E-state index contributed by atoms with van der Waals surface area (Å²) in [7, 11) is 1.61. The standard InChI is InChI=1S/C12H16N2O3/c1-16-11-6-4-10(5-7-11)13-12(15)14-8-2-3-9-17-14/h4-7H,2-3,8-9H2,1H3,(H,13,15). The van der Waals surface area contributed by atoms with Crippen LogP contribution in [0.15, 0.2) is 24.3 Å². The largest absolute Gasteiger partial charge is 0.497 e. The van der Waals surface area contributed by atoms with Crippen molar-refractivity contribution >= 4 is 11.7 Å². The molecule has 92 valence electrons. The Morgan fingerprint density at radius 1 is 1.35 bits per heavy atom. The molecule has 1 heterocycles. The highest BCUT2D eigenvalue weighted by Crippen LogP contribution is 2.16. The van der Waals surface area contributed by atoms with E-state index >= 15 is 0 Å². The van der Waals surface area contributed by atoms with E-state index in [1.807, 2.05) is 0 Å². The van der Waals surface area contributed by atoms with Gasteiger partial charge in [-0.05, 0) is 37.1 Å². The summed E-state index contributed by atoms with van der Waals surface area (Å²) in [6.07, 6.45) is 1.99. The van der Waals surface area contributed by atoms with E-state index in [1.54, 1.807) is 31.4 Å². The van der Waals surface area contributed by atoms with Crippen molar-refractivity contribution in [2.24, 2.45) is 0 Å². The smallest absolute Gasteiger partial charge is 0.345 e. The first kappa shape index (κ1) is 11.7. The van der Waals surface area contributed by atoms with Crippen molar-refractivity contribution in [1.29, 1.82) is 0 Å². The van der Waals surface area contributed by atoms with Gasteiger partial charge in [0.1, 0.15) is 5.75 Å². The maximum Gasteiger partial charge on any atom is 0.345 e. The van der Waals surface area contributed by atoms with Crippen molar-refractivity contribution in [2.45, 2.75) is 12.8 Å². The van der Waals surface area contributed by atoms with Crippen molar-refractivity contribution in [3.63, 3.8) is 0 Å². The second kappa shape index (κ2) is 5.54. The second-order valence-corrected chi connectivity index (χ2v) is 3.80. The number of ether oxygens (including phenoxy) is 1. The summed E-state index contributed by atoms with van der Waals surface area (Å²) < 4.78 is 5.04. The van der Waals surface area contributed by atoms with Crippen LogP contribution in [0.3, 0.4) is 0 Å². The number of benzene rings is 1. The van der Waals surface area contributed by atoms with Gasteiger partial charge in [0.05, 0.1) is 20.3 Å². The topological polar surface area (TPSA) is 50.8 Å². The van der Waals surface area contributed by atoms with Crippen molar-refractivity contribution in [3.05, 3.63) is 24.3 Å². The molecular weight excluding hydrogens is 220 g/mol. The summed E-state index contributed by atoms with van der Waals surface area (Å²) in [5.41, 5.74) is 0.727. The average molecular weight is 236 g/mol. The van der Waals surface area contributed by atoms with Gasteiger partial charge in [0.25, 0.3) is 0 Å². The van der Waals surface area contributed by atoms with Crippen LogP contribution in [0.5, 0.6) is 5.75 Å². The van der Waals surface area contributed by atoms with Gasteiger partial charge in [0.15, 0.2) is 0 Å². The molecule has 1 N–H and O–H groups in total. The van der Waals surface area contributed by atoms with Crippen molar-refractivity contribution in [2.75, 3.05) is 25.6 Å². The Bertz CT molecular complexity index is 372. The molecule has 0 spiro atoms. The molecule has 1 saturated heterocycles. The zero-order valence-corrected chi connectivity index (χ0v) is 9.81. The zero-order valence-electron chi connectivity index (χ0n) is 9.81. The molecule has 0 aromatic heterocycles. The molecule has 2 amide bonds. The summed E-state index contributed by atoms with van der Waals surface area (Å²) in [6, 6.07) is 6.95. The number of rotatable bonds is 2. The molecule has 0 aliphatic carbocycles. The molecule has 0 bridgehead atoms. The number of carbonyl (C=O) groups is 1. The molecule has 1 aromatic carbocycles. The number of hydroxylamine groups is 2. The fourth-order valence-corrected chi connectivity index (χ4v) is 1.62. The van der Waals surface area contributed by atoms with Gasteiger partial charge in [-0.3, -0.25) is 4.84 Å². The van der Waals surface area contributed by atoms with Gasteiger partial charge in [-0.2, -0.15) is 0 Å². The van der Waals surface area contributed by atoms with Crippen LogP contribution in [0.25, 0.3) is 0 Å². The van der Waals surface area contributed by atoms with Gasteiger partial charge in [-0.1, -0.05) is 0 Å². The number of nitrogens with zero attached hydrogens (tertiary/aromatic N) is 1. The van der Waals surface area contributed by atoms with E-state index in [0.29, 0.717) is 13.2 Å². The lowest BCUT2D eigenvalue weighted by molar-refractivity contribution is -0.135. The second-order valence-electron chi connectivity index (χ2n) is 3.80. The minimum Gasteiger partial charge on any atom is -0.497 e. The van der Waals surface area contributed by atoms with Crippen LogP contribution in [0.1, 0.15) is 12.8 Å². The maximum absolute atomic E-state index is 11.8. The predicted octanol–water partition coefficient (Wildman–Crippen LogP) is 2.25. The molecule has 0 atom stereocenters. The molecule has 2 rings (SSSR count). The van der Waals surface area contributed by atoms with Crippen LogP contribution >= 0.6 is 0 Å². The third kappa shape index (κ3) is 3.10. The molecule has 0 unspecified atom stereocenters. The number of hydrogen-bond donors (Lipinski definition) is 1. The van der Waals surface area contributed by atoms with E-state index in [0.717, 1.165) is 24.3 Å². The van der Waals surface area contributed by atoms with Crippen LogP contribution in [-0.4, -0.2) is 31.4 Å². The molecule has 1 aromatic rings. The minimum atomic E-state index is -0.227. The number of amides is 2. The molecule has 5 nitrogen and oxygen atoms in total. The molecule has 17 heavy (non-hydrogen) atoms. The molecule has 0 radical (unpaired) electrons. The van der Waals surface area contributed by atoms with E-state index < -0.39 is 0 Å². The summed E-state index contributed by atoms with van der Waals surface area (Å²) in [5.74, 6) is 0.761. The molecule has 1 aliphatic heterocycles. The summed E-state index contributed by atoms with van der Waals surface area (Å²) >= 11 is 0. The van der Waals surface area contributed by atoms with Crippen LogP contribution in [0.4, 0.5) is 10.5 Å². The number of nitrogens with one attached hydrogen (secondary N) is 1. The minimum absolute atomic E-state index is 0.227. The van der Waals surface area contributed by atoms with Crippen LogP contribution in [0.2, 0.25) is 0 Å². The van der Waals surface area contributed by atoms with Crippen molar-refractivity contribution in [1.82, 2.24) is 5.06 Å². The Hall–Kier alpha value is -1.75. The fraction of sp³-hybridized carbons (Fsp3) is 0.417. The molecule has 1 fully saturated rings. The van der Waals surface area contributed by atoms with E-state index in [9.17, 15) is 4.79 Å². The van der Waals surface area contributed by atoms with Crippen molar-refractivity contribution < 1.29 is 14.4 Å². The Labute approximate surface area is 100 Å². The highest BCUT2D eigenvalue weighted by atomic mass is 16.7. The predicted molar refractivity (Wildman–Crippen MR) is 63.9 cm³/mol. The summed E-state index contributed by atoms with van der Waals surface area (Å²) in [4.78, 5) is 17.0. The monoisotopic (exact) mass is 236 g/mol. The molecular formula is C12H16N2O3. The van der Waals surface area contributed by atoms with E-state index in [-0.39, 0.29) is 6.03 Å². The number of urea groups is 1. The lowest BCUT2D eigenvalue weighted by atomic mass is 10.3. The normalized spacial score (nSPS) is 15.5. The Balaban J connectivity index is 1.92. The quantitative estimate of drug-likeness (QED) is 0.856. The maximum atomic E-state index is 11.8. The zero-order chi connectivity index (χ0) is 12.1. The van der Waals surface area contributed by atoms with Gasteiger partial charge in [-0.25, -0.2) is 9.86 Å². The Morgan fingerprint density at radius 2 is 2.12 bits per heavy atom. The van der Waals surface area contributed by atoms with Crippen LogP contribution in [-0.2, 0) is 4.84 Å². The highest BCUT2D eigenvalue weighted by molar-refractivity contribution is 5.88. The number of anilines is 1. The van der Waals surface area contributed by atoms with Gasteiger partial charge in [0.2, 0.25) is 0 Å². The summed E-state index contributed by atoms with van der Waals surface area (Å²) in [5, 5.41) is 4.14. The van der Waals surface area contributed by atoms with Crippen LogP contribution in [0, 0.1) is 0 Å². The van der Waals surface area contributed by atoms with Crippen molar-refractivity contribution in [3.8, 4) is 5.75 Å². The van der Waals surface area contributed by atoms with Crippen LogP contribution < -0.4 is 10.1 Å². The Kier molecular flexibility index (Phi) is 3.82. The first-order valence-electron chi connectivity index (χ1n) is 5.65. The lowest BCUT2D eigenvalue weighted by Crippen LogP contribution is -2.38. The molecule has 0 saturated carbocycles. The van der Waals surface area contributed by atoms with Gasteiger partial charge < -0.3 is 10.1 Å². The first-order valence-corrected chi connectivity index (χ1v) is 5.65. The third-order valence-corrected chi connectivity index (χ3v) is 2.57. The molecule has 1 aliphatic rings. The average Bonchev–Trinajstić information content (AvgIpc) is 2.40. The number of hydrogen-bond acceptors (Lipinski definition) is 3. The SMILES string of the molecule is COc1ccc(NC(=O)N2CCCCO2)cc1. The van der Waals surface area contributed by atoms with Gasteiger partial charge in [-0.15, -0.1) is 0 Å². The lowest BCUT2D eigenvalue weighted by Gasteiger charge is -2.25. The number of carbonyl (C=O) groups excluding carboxylic acids is 1. The Morgan fingerprint density at radius 3 is 2.71 bits per heavy atom.